The monoisotopic (exact) mass is 304 g/mol. The molecule has 0 spiro atoms. The summed E-state index contributed by atoms with van der Waals surface area (Å²) in [5.74, 6) is 0. The van der Waals surface area contributed by atoms with Gasteiger partial charge in [0.2, 0.25) is 0 Å². The molecule has 2 amide bonds. The Morgan fingerprint density at radius 2 is 2.14 bits per heavy atom. The van der Waals surface area contributed by atoms with E-state index in [1.165, 1.54) is 4.90 Å². The molecular weight excluding hydrogens is 283 g/mol. The van der Waals surface area contributed by atoms with Gasteiger partial charge in [-0.3, -0.25) is 4.90 Å². The van der Waals surface area contributed by atoms with Gasteiger partial charge in [0.1, 0.15) is 7.85 Å². The minimum absolute atomic E-state index is 0.215. The summed E-state index contributed by atoms with van der Waals surface area (Å²) in [5.41, 5.74) is 1.04. The van der Waals surface area contributed by atoms with Crippen molar-refractivity contribution in [2.75, 3.05) is 6.54 Å². The Hall–Kier alpha value is -2.18. The molecular formula is C15H21BN2O4. The number of amides is 2. The molecule has 0 aromatic carbocycles. The summed E-state index contributed by atoms with van der Waals surface area (Å²) < 4.78 is 4.85. The molecule has 1 rings (SSSR count). The van der Waals surface area contributed by atoms with Crippen LogP contribution in [0.2, 0.25) is 0 Å². The molecule has 6 nitrogen and oxygen atoms in total. The van der Waals surface area contributed by atoms with Crippen LogP contribution in [0.1, 0.15) is 27.7 Å². The fourth-order valence-corrected chi connectivity index (χ4v) is 2.20. The van der Waals surface area contributed by atoms with E-state index in [-0.39, 0.29) is 6.54 Å². The Balaban J connectivity index is 3.08. The maximum atomic E-state index is 11.6. The Morgan fingerprint density at radius 1 is 1.55 bits per heavy atom. The molecule has 2 N–H and O–H groups in total. The summed E-state index contributed by atoms with van der Waals surface area (Å²) in [6, 6.07) is -0.682. The topological polar surface area (TPSA) is 78.9 Å². The van der Waals surface area contributed by atoms with Gasteiger partial charge < -0.3 is 15.2 Å². The molecule has 0 aromatic rings. The van der Waals surface area contributed by atoms with Crippen LogP contribution in [-0.2, 0) is 4.74 Å². The van der Waals surface area contributed by atoms with Crippen molar-refractivity contribution >= 4 is 20.0 Å². The molecule has 1 aliphatic rings. The van der Waals surface area contributed by atoms with Gasteiger partial charge in [-0.15, -0.1) is 0 Å². The number of hydrogen-bond donors (Lipinski definition) is 2. The van der Waals surface area contributed by atoms with Crippen LogP contribution >= 0.6 is 0 Å². The van der Waals surface area contributed by atoms with Crippen molar-refractivity contribution in [1.29, 1.82) is 0 Å². The molecule has 118 valence electrons. The lowest BCUT2D eigenvalue weighted by atomic mass is 9.84. The van der Waals surface area contributed by atoms with Gasteiger partial charge in [0, 0.05) is 5.70 Å². The minimum atomic E-state index is -1.13. The highest BCUT2D eigenvalue weighted by Crippen LogP contribution is 2.27. The van der Waals surface area contributed by atoms with Crippen LogP contribution in [0.4, 0.5) is 9.59 Å². The number of cyclic esters (lactones) is 1. The average Bonchev–Trinajstić information content (AvgIpc) is 2.75. The highest BCUT2D eigenvalue weighted by Gasteiger charge is 2.32. The van der Waals surface area contributed by atoms with Crippen molar-refractivity contribution < 1.29 is 19.4 Å². The lowest BCUT2D eigenvalue weighted by Gasteiger charge is -2.32. The average molecular weight is 304 g/mol. The first-order valence-electron chi connectivity index (χ1n) is 6.87. The number of rotatable bonds is 5. The number of hydrogen-bond acceptors (Lipinski definition) is 3. The SMILES string of the molecule is [B]C1CN(C(=C)/C=C(\C)C(C)(NC(=O)O)/C(C)=C\C)C(=O)O1. The Labute approximate surface area is 131 Å². The zero-order chi connectivity index (χ0) is 17.1. The van der Waals surface area contributed by atoms with E-state index in [1.807, 2.05) is 19.9 Å². The number of allylic oxidation sites excluding steroid dienone is 2. The van der Waals surface area contributed by atoms with E-state index in [1.54, 1.807) is 19.9 Å². The first kappa shape index (κ1) is 17.9. The van der Waals surface area contributed by atoms with Gasteiger partial charge in [0.15, 0.2) is 0 Å². The number of nitrogens with one attached hydrogen (secondary N) is 1. The molecule has 1 saturated heterocycles. The molecule has 7 heteroatoms. The third-order valence-corrected chi connectivity index (χ3v) is 3.93. The fraction of sp³-hybridized carbons (Fsp3) is 0.467. The molecule has 0 aliphatic carbocycles. The predicted molar refractivity (Wildman–Crippen MR) is 84.6 cm³/mol. The first-order chi connectivity index (χ1) is 10.1. The molecule has 22 heavy (non-hydrogen) atoms. The Morgan fingerprint density at radius 3 is 2.55 bits per heavy atom. The number of ether oxygens (including phenoxy) is 1. The zero-order valence-corrected chi connectivity index (χ0v) is 13.3. The van der Waals surface area contributed by atoms with Crippen LogP contribution in [0.15, 0.2) is 35.6 Å². The summed E-state index contributed by atoms with van der Waals surface area (Å²) in [7, 11) is 5.56. The molecule has 1 fully saturated rings. The van der Waals surface area contributed by atoms with Gasteiger partial charge in [0.05, 0.1) is 18.1 Å². The second kappa shape index (κ2) is 6.72. The number of nitrogens with zero attached hydrogens (tertiary/aromatic N) is 1. The molecule has 0 bridgehead atoms. The van der Waals surface area contributed by atoms with E-state index >= 15 is 0 Å². The fourth-order valence-electron chi connectivity index (χ4n) is 2.20. The van der Waals surface area contributed by atoms with Gasteiger partial charge in [-0.2, -0.15) is 0 Å². The smallest absolute Gasteiger partial charge is 0.413 e. The van der Waals surface area contributed by atoms with Gasteiger partial charge >= 0.3 is 12.2 Å². The third-order valence-electron chi connectivity index (χ3n) is 3.93. The van der Waals surface area contributed by atoms with Crippen LogP contribution in [-0.4, -0.2) is 48.1 Å². The van der Waals surface area contributed by atoms with Crippen molar-refractivity contribution in [1.82, 2.24) is 10.2 Å². The summed E-state index contributed by atoms with van der Waals surface area (Å²) in [6.45, 7) is 11.2. The predicted octanol–water partition coefficient (Wildman–Crippen LogP) is 2.39. The summed E-state index contributed by atoms with van der Waals surface area (Å²) in [5, 5.41) is 11.6. The zero-order valence-electron chi connectivity index (χ0n) is 13.3. The van der Waals surface area contributed by atoms with Crippen molar-refractivity contribution in [2.24, 2.45) is 0 Å². The van der Waals surface area contributed by atoms with E-state index in [0.717, 1.165) is 5.57 Å². The third kappa shape index (κ3) is 3.72. The summed E-state index contributed by atoms with van der Waals surface area (Å²) in [6.07, 6.45) is 1.79. The van der Waals surface area contributed by atoms with Crippen molar-refractivity contribution in [3.05, 3.63) is 35.6 Å². The molecule has 0 aromatic heterocycles. The maximum absolute atomic E-state index is 11.6. The minimum Gasteiger partial charge on any atom is -0.465 e. The second-order valence-corrected chi connectivity index (χ2v) is 5.38. The Kier molecular flexibility index (Phi) is 5.46. The molecule has 2 atom stereocenters. The largest absolute Gasteiger partial charge is 0.465 e. The van der Waals surface area contributed by atoms with Gasteiger partial charge in [0.25, 0.3) is 0 Å². The van der Waals surface area contributed by atoms with Crippen molar-refractivity contribution in [3.63, 3.8) is 0 Å². The highest BCUT2D eigenvalue weighted by molar-refractivity contribution is 6.12. The van der Waals surface area contributed by atoms with E-state index in [4.69, 9.17) is 17.7 Å². The molecule has 2 radical (unpaired) electrons. The highest BCUT2D eigenvalue weighted by atomic mass is 16.6. The van der Waals surface area contributed by atoms with Crippen LogP contribution in [0.3, 0.4) is 0 Å². The summed E-state index contributed by atoms with van der Waals surface area (Å²) in [4.78, 5) is 24.0. The molecule has 1 heterocycles. The van der Waals surface area contributed by atoms with Crippen molar-refractivity contribution in [2.45, 2.75) is 39.2 Å². The van der Waals surface area contributed by atoms with E-state index in [9.17, 15) is 9.59 Å². The van der Waals surface area contributed by atoms with Gasteiger partial charge in [-0.1, -0.05) is 12.7 Å². The van der Waals surface area contributed by atoms with Crippen LogP contribution < -0.4 is 5.32 Å². The van der Waals surface area contributed by atoms with Crippen LogP contribution in [0.5, 0.6) is 0 Å². The molecule has 2 unspecified atom stereocenters. The standard InChI is InChI=1S/C15H21BN2O4/c1-6-9(2)15(5,17-13(19)20)10(3)7-11(4)18-8-12(16)22-14(18)21/h6-7,12,17H,4,8H2,1-3,5H3,(H,19,20)/b9-6-,10-7+. The van der Waals surface area contributed by atoms with Gasteiger partial charge in [-0.25, -0.2) is 9.59 Å². The quantitative estimate of drug-likeness (QED) is 0.464. The van der Waals surface area contributed by atoms with E-state index in [0.29, 0.717) is 11.3 Å². The lowest BCUT2D eigenvalue weighted by molar-refractivity contribution is 0.157. The first-order valence-corrected chi connectivity index (χ1v) is 6.87. The number of carbonyl (C=O) groups excluding carboxylic acids is 1. The normalized spacial score (nSPS) is 22.1. The summed E-state index contributed by atoms with van der Waals surface area (Å²) >= 11 is 0. The number of carboxylic acid groups (broad SMARTS) is 1. The van der Waals surface area contributed by atoms with Gasteiger partial charge in [-0.05, 0) is 44.9 Å². The maximum Gasteiger partial charge on any atom is 0.413 e. The lowest BCUT2D eigenvalue weighted by Crippen LogP contribution is -2.47. The van der Waals surface area contributed by atoms with E-state index in [2.05, 4.69) is 11.9 Å². The van der Waals surface area contributed by atoms with E-state index < -0.39 is 23.7 Å². The molecule has 0 saturated carbocycles. The second-order valence-electron chi connectivity index (χ2n) is 5.38. The molecule has 1 aliphatic heterocycles. The van der Waals surface area contributed by atoms with Crippen LogP contribution in [0, 0.1) is 0 Å². The van der Waals surface area contributed by atoms with Crippen molar-refractivity contribution in [3.8, 4) is 0 Å². The Bertz CT molecular complexity index is 556. The van der Waals surface area contributed by atoms with Crippen LogP contribution in [0.25, 0.3) is 0 Å². The number of carbonyl (C=O) groups is 2.